The van der Waals surface area contributed by atoms with Gasteiger partial charge in [-0.2, -0.15) is 4.31 Å². The van der Waals surface area contributed by atoms with Crippen LogP contribution in [-0.2, 0) is 23.1 Å². The summed E-state index contributed by atoms with van der Waals surface area (Å²) < 4.78 is 27.4. The van der Waals surface area contributed by atoms with Crippen LogP contribution in [0, 0.1) is 0 Å². The Morgan fingerprint density at radius 1 is 1.15 bits per heavy atom. The van der Waals surface area contributed by atoms with E-state index in [9.17, 15) is 8.42 Å². The van der Waals surface area contributed by atoms with Crippen molar-refractivity contribution in [3.05, 3.63) is 29.3 Å². The topological polar surface area (TPSA) is 49.4 Å². The molecule has 0 aromatic heterocycles. The number of fused-ring (bicyclic) bond motifs is 1. The van der Waals surface area contributed by atoms with E-state index in [1.807, 2.05) is 19.1 Å². The van der Waals surface area contributed by atoms with Crippen LogP contribution in [-0.4, -0.2) is 25.3 Å². The third-order valence-electron chi connectivity index (χ3n) is 4.41. The number of nitrogens with zero attached hydrogens (tertiary/aromatic N) is 1. The summed E-state index contributed by atoms with van der Waals surface area (Å²) in [4.78, 5) is 0.453. The van der Waals surface area contributed by atoms with Crippen molar-refractivity contribution in [2.24, 2.45) is 0 Å². The van der Waals surface area contributed by atoms with Crippen LogP contribution in [0.3, 0.4) is 0 Å². The van der Waals surface area contributed by atoms with Gasteiger partial charge in [-0.15, -0.1) is 0 Å². The second-order valence-electron chi connectivity index (χ2n) is 5.85. The maximum atomic E-state index is 12.9. The van der Waals surface area contributed by atoms with Crippen molar-refractivity contribution in [2.75, 3.05) is 6.54 Å². The van der Waals surface area contributed by atoms with Gasteiger partial charge >= 0.3 is 0 Å². The summed E-state index contributed by atoms with van der Waals surface area (Å²) in [6.45, 7) is 4.29. The maximum absolute atomic E-state index is 12.9. The first-order valence-corrected chi connectivity index (χ1v) is 8.87. The van der Waals surface area contributed by atoms with Crippen LogP contribution in [0.2, 0.25) is 0 Å². The standard InChI is InChI=1S/C15H22N2O2S/c1-12-5-3-2-4-8-17(12)20(18,19)15-7-6-13-10-16-11-14(13)9-15/h6-7,9,12,16H,2-5,8,10-11H2,1H3. The van der Waals surface area contributed by atoms with E-state index in [1.165, 1.54) is 5.56 Å². The van der Waals surface area contributed by atoms with E-state index in [0.29, 0.717) is 11.4 Å². The van der Waals surface area contributed by atoms with E-state index >= 15 is 0 Å². The lowest BCUT2D eigenvalue weighted by Gasteiger charge is -2.26. The quantitative estimate of drug-likeness (QED) is 0.910. The summed E-state index contributed by atoms with van der Waals surface area (Å²) in [5, 5.41) is 3.26. The van der Waals surface area contributed by atoms with Gasteiger partial charge < -0.3 is 5.32 Å². The van der Waals surface area contributed by atoms with Crippen molar-refractivity contribution >= 4 is 10.0 Å². The maximum Gasteiger partial charge on any atom is 0.243 e. The number of hydrogen-bond acceptors (Lipinski definition) is 3. The SMILES string of the molecule is CC1CCCCCN1S(=O)(=O)c1ccc2c(c1)CNC2. The lowest BCUT2D eigenvalue weighted by atomic mass is 10.1. The Morgan fingerprint density at radius 3 is 2.80 bits per heavy atom. The van der Waals surface area contributed by atoms with Gasteiger partial charge in [0.05, 0.1) is 4.90 Å². The fraction of sp³-hybridized carbons (Fsp3) is 0.600. The van der Waals surface area contributed by atoms with Crippen LogP contribution in [0.4, 0.5) is 0 Å². The smallest absolute Gasteiger partial charge is 0.243 e. The van der Waals surface area contributed by atoms with Crippen molar-refractivity contribution in [3.8, 4) is 0 Å². The molecule has 1 atom stereocenters. The zero-order chi connectivity index (χ0) is 14.2. The molecule has 0 bridgehead atoms. The van der Waals surface area contributed by atoms with Crippen LogP contribution < -0.4 is 5.32 Å². The minimum Gasteiger partial charge on any atom is -0.309 e. The predicted octanol–water partition coefficient (Wildman–Crippen LogP) is 2.24. The van der Waals surface area contributed by atoms with Gasteiger partial charge in [-0.3, -0.25) is 0 Å². The molecule has 0 spiro atoms. The first kappa shape index (κ1) is 14.0. The zero-order valence-electron chi connectivity index (χ0n) is 11.9. The van der Waals surface area contributed by atoms with Gasteiger partial charge in [-0.1, -0.05) is 18.9 Å². The molecular formula is C15H22N2O2S. The normalized spacial score (nSPS) is 24.4. The van der Waals surface area contributed by atoms with Crippen molar-refractivity contribution in [1.29, 1.82) is 0 Å². The average Bonchev–Trinajstić information content (AvgIpc) is 2.78. The molecule has 5 heteroatoms. The molecule has 1 aromatic carbocycles. The summed E-state index contributed by atoms with van der Waals surface area (Å²) in [6.07, 6.45) is 4.19. The predicted molar refractivity (Wildman–Crippen MR) is 78.8 cm³/mol. The number of benzene rings is 1. The molecule has 1 N–H and O–H groups in total. The Hall–Kier alpha value is -0.910. The Bertz CT molecular complexity index is 598. The van der Waals surface area contributed by atoms with Crippen molar-refractivity contribution in [1.82, 2.24) is 9.62 Å². The molecule has 1 fully saturated rings. The summed E-state index contributed by atoms with van der Waals surface area (Å²) in [7, 11) is -3.35. The van der Waals surface area contributed by atoms with E-state index < -0.39 is 10.0 Å². The minimum atomic E-state index is -3.35. The van der Waals surface area contributed by atoms with E-state index in [1.54, 1.807) is 10.4 Å². The summed E-state index contributed by atoms with van der Waals surface area (Å²) >= 11 is 0. The van der Waals surface area contributed by atoms with E-state index in [2.05, 4.69) is 5.32 Å². The van der Waals surface area contributed by atoms with Crippen LogP contribution in [0.25, 0.3) is 0 Å². The Labute approximate surface area is 121 Å². The van der Waals surface area contributed by atoms with Crippen LogP contribution >= 0.6 is 0 Å². The first-order valence-electron chi connectivity index (χ1n) is 7.43. The molecule has 110 valence electrons. The Balaban J connectivity index is 1.94. The fourth-order valence-electron chi connectivity index (χ4n) is 3.17. The summed E-state index contributed by atoms with van der Waals surface area (Å²) in [5.41, 5.74) is 2.33. The third kappa shape index (κ3) is 2.50. The van der Waals surface area contributed by atoms with Gasteiger partial charge in [0, 0.05) is 25.7 Å². The molecule has 0 amide bonds. The number of nitrogens with one attached hydrogen (secondary N) is 1. The fourth-order valence-corrected chi connectivity index (χ4v) is 4.92. The van der Waals surface area contributed by atoms with Gasteiger partial charge in [0.25, 0.3) is 0 Å². The van der Waals surface area contributed by atoms with Crippen LogP contribution in [0.15, 0.2) is 23.1 Å². The molecule has 20 heavy (non-hydrogen) atoms. The van der Waals surface area contributed by atoms with Crippen LogP contribution in [0.5, 0.6) is 0 Å². The van der Waals surface area contributed by atoms with Crippen molar-refractivity contribution in [2.45, 2.75) is 56.6 Å². The van der Waals surface area contributed by atoms with E-state index in [-0.39, 0.29) is 6.04 Å². The van der Waals surface area contributed by atoms with Gasteiger partial charge in [0.15, 0.2) is 0 Å². The Morgan fingerprint density at radius 2 is 1.95 bits per heavy atom. The summed E-state index contributed by atoms with van der Waals surface area (Å²) in [5.74, 6) is 0. The Kier molecular flexibility index (Phi) is 3.84. The van der Waals surface area contributed by atoms with E-state index in [0.717, 1.165) is 44.3 Å². The van der Waals surface area contributed by atoms with Crippen molar-refractivity contribution in [3.63, 3.8) is 0 Å². The molecule has 0 saturated carbocycles. The van der Waals surface area contributed by atoms with Gasteiger partial charge in [-0.25, -0.2) is 8.42 Å². The highest BCUT2D eigenvalue weighted by Gasteiger charge is 2.30. The number of hydrogen-bond donors (Lipinski definition) is 1. The van der Waals surface area contributed by atoms with Gasteiger partial charge in [0.1, 0.15) is 0 Å². The molecule has 2 aliphatic heterocycles. The van der Waals surface area contributed by atoms with Gasteiger partial charge in [0.2, 0.25) is 10.0 Å². The molecule has 2 heterocycles. The lowest BCUT2D eigenvalue weighted by molar-refractivity contribution is 0.342. The molecule has 0 aliphatic carbocycles. The molecule has 1 saturated heterocycles. The molecule has 3 rings (SSSR count). The molecule has 0 radical (unpaired) electrons. The highest BCUT2D eigenvalue weighted by Crippen LogP contribution is 2.27. The summed E-state index contributed by atoms with van der Waals surface area (Å²) in [6, 6.07) is 5.67. The zero-order valence-corrected chi connectivity index (χ0v) is 12.7. The van der Waals surface area contributed by atoms with Gasteiger partial charge in [-0.05, 0) is 43.0 Å². The number of rotatable bonds is 2. The highest BCUT2D eigenvalue weighted by molar-refractivity contribution is 7.89. The molecule has 1 unspecified atom stereocenters. The molecule has 2 aliphatic rings. The molecular weight excluding hydrogens is 272 g/mol. The third-order valence-corrected chi connectivity index (χ3v) is 6.42. The molecule has 4 nitrogen and oxygen atoms in total. The lowest BCUT2D eigenvalue weighted by Crippen LogP contribution is -2.38. The van der Waals surface area contributed by atoms with E-state index in [4.69, 9.17) is 0 Å². The van der Waals surface area contributed by atoms with Crippen LogP contribution in [0.1, 0.15) is 43.7 Å². The first-order chi connectivity index (χ1) is 9.59. The average molecular weight is 294 g/mol. The monoisotopic (exact) mass is 294 g/mol. The second kappa shape index (κ2) is 5.47. The largest absolute Gasteiger partial charge is 0.309 e. The number of sulfonamides is 1. The molecule has 1 aromatic rings. The second-order valence-corrected chi connectivity index (χ2v) is 7.74. The highest BCUT2D eigenvalue weighted by atomic mass is 32.2. The minimum absolute atomic E-state index is 0.105. The van der Waals surface area contributed by atoms with Crippen molar-refractivity contribution < 1.29 is 8.42 Å².